The number of hydrogen-bond donors (Lipinski definition) is 1. The summed E-state index contributed by atoms with van der Waals surface area (Å²) >= 11 is 1.67. The predicted octanol–water partition coefficient (Wildman–Crippen LogP) is 5.16. The van der Waals surface area contributed by atoms with Crippen molar-refractivity contribution in [2.45, 2.75) is 24.2 Å². The molecule has 1 aliphatic rings. The summed E-state index contributed by atoms with van der Waals surface area (Å²) in [6.45, 7) is 3.29. The first kappa shape index (κ1) is 20.1. The van der Waals surface area contributed by atoms with Crippen LogP contribution in [-0.2, 0) is 12.3 Å². The summed E-state index contributed by atoms with van der Waals surface area (Å²) in [5.74, 6) is 2.25. The van der Waals surface area contributed by atoms with Crippen LogP contribution < -0.4 is 14.8 Å². The van der Waals surface area contributed by atoms with E-state index in [9.17, 15) is 4.79 Å². The molecule has 7 heteroatoms. The fourth-order valence-electron chi connectivity index (χ4n) is 3.12. The summed E-state index contributed by atoms with van der Waals surface area (Å²) in [6.07, 6.45) is 1.79. The molecule has 2 heterocycles. The minimum absolute atomic E-state index is 0.135. The Hall–Kier alpha value is -3.19. The van der Waals surface area contributed by atoms with Crippen molar-refractivity contribution in [3.8, 4) is 11.5 Å². The SMILES string of the molecule is CCN(Cc1ccc2c(c1)OCO2)C(=O)Nc1cccc(CSc2ccccn2)c1. The molecule has 2 amide bonds. The predicted molar refractivity (Wildman–Crippen MR) is 118 cm³/mol. The normalized spacial score (nSPS) is 11.9. The third kappa shape index (κ3) is 5.04. The van der Waals surface area contributed by atoms with Gasteiger partial charge in [0.25, 0.3) is 0 Å². The summed E-state index contributed by atoms with van der Waals surface area (Å²) < 4.78 is 10.8. The quantitative estimate of drug-likeness (QED) is 0.534. The molecule has 0 saturated carbocycles. The molecule has 0 saturated heterocycles. The highest BCUT2D eigenvalue weighted by molar-refractivity contribution is 7.98. The van der Waals surface area contributed by atoms with Crippen LogP contribution in [0.1, 0.15) is 18.1 Å². The van der Waals surface area contributed by atoms with Gasteiger partial charge in [0.05, 0.1) is 5.03 Å². The number of nitrogens with zero attached hydrogens (tertiary/aromatic N) is 2. The number of benzene rings is 2. The highest BCUT2D eigenvalue weighted by Crippen LogP contribution is 2.32. The molecular weight excluding hydrogens is 398 g/mol. The summed E-state index contributed by atoms with van der Waals surface area (Å²) in [4.78, 5) is 18.9. The molecule has 1 aromatic heterocycles. The van der Waals surface area contributed by atoms with Crippen LogP contribution in [0.4, 0.5) is 10.5 Å². The maximum Gasteiger partial charge on any atom is 0.322 e. The molecule has 0 fully saturated rings. The number of carbonyl (C=O) groups excluding carboxylic acids is 1. The van der Waals surface area contributed by atoms with Gasteiger partial charge in [-0.05, 0) is 54.4 Å². The maximum absolute atomic E-state index is 12.8. The van der Waals surface area contributed by atoms with Crippen molar-refractivity contribution in [3.05, 3.63) is 78.0 Å². The zero-order valence-electron chi connectivity index (χ0n) is 16.7. The van der Waals surface area contributed by atoms with Crippen molar-refractivity contribution in [2.75, 3.05) is 18.7 Å². The number of ether oxygens (including phenoxy) is 2. The summed E-state index contributed by atoms with van der Waals surface area (Å²) in [6, 6.07) is 19.4. The molecule has 4 rings (SSSR count). The van der Waals surface area contributed by atoms with Crippen molar-refractivity contribution in [3.63, 3.8) is 0 Å². The van der Waals surface area contributed by atoms with Gasteiger partial charge in [-0.15, -0.1) is 11.8 Å². The molecule has 30 heavy (non-hydrogen) atoms. The molecule has 1 aliphatic heterocycles. The Morgan fingerprint density at radius 1 is 1.07 bits per heavy atom. The highest BCUT2D eigenvalue weighted by Gasteiger charge is 2.17. The number of rotatable bonds is 7. The molecule has 3 aromatic rings. The van der Waals surface area contributed by atoms with Crippen LogP contribution in [-0.4, -0.2) is 29.3 Å². The van der Waals surface area contributed by atoms with Gasteiger partial charge in [0, 0.05) is 30.7 Å². The van der Waals surface area contributed by atoms with Crippen LogP contribution in [0.2, 0.25) is 0 Å². The molecule has 0 spiro atoms. The van der Waals surface area contributed by atoms with Crippen LogP contribution in [0.3, 0.4) is 0 Å². The van der Waals surface area contributed by atoms with Gasteiger partial charge in [-0.25, -0.2) is 9.78 Å². The minimum atomic E-state index is -0.135. The topological polar surface area (TPSA) is 63.7 Å². The van der Waals surface area contributed by atoms with Crippen molar-refractivity contribution in [1.82, 2.24) is 9.88 Å². The van der Waals surface area contributed by atoms with E-state index in [-0.39, 0.29) is 12.8 Å². The number of pyridine rings is 1. The first-order chi connectivity index (χ1) is 14.7. The van der Waals surface area contributed by atoms with E-state index in [4.69, 9.17) is 9.47 Å². The van der Waals surface area contributed by atoms with Crippen LogP contribution >= 0.6 is 11.8 Å². The summed E-state index contributed by atoms with van der Waals surface area (Å²) in [5, 5.41) is 3.99. The lowest BCUT2D eigenvalue weighted by atomic mass is 10.2. The first-order valence-electron chi connectivity index (χ1n) is 9.78. The molecule has 0 unspecified atom stereocenters. The second-order valence-corrected chi connectivity index (χ2v) is 7.78. The molecule has 6 nitrogen and oxygen atoms in total. The summed E-state index contributed by atoms with van der Waals surface area (Å²) in [5.41, 5.74) is 2.90. The molecule has 154 valence electrons. The van der Waals surface area contributed by atoms with Gasteiger partial charge in [0.1, 0.15) is 0 Å². The van der Waals surface area contributed by atoms with Crippen molar-refractivity contribution in [2.24, 2.45) is 0 Å². The average molecular weight is 422 g/mol. The zero-order valence-corrected chi connectivity index (χ0v) is 17.5. The lowest BCUT2D eigenvalue weighted by Crippen LogP contribution is -2.34. The lowest BCUT2D eigenvalue weighted by molar-refractivity contribution is 0.174. The van der Waals surface area contributed by atoms with E-state index in [1.54, 1.807) is 22.9 Å². The molecule has 0 aliphatic carbocycles. The number of amides is 2. The van der Waals surface area contributed by atoms with Gasteiger partial charge >= 0.3 is 6.03 Å². The number of nitrogens with one attached hydrogen (secondary N) is 1. The third-order valence-electron chi connectivity index (χ3n) is 4.68. The second-order valence-electron chi connectivity index (χ2n) is 6.79. The Morgan fingerprint density at radius 3 is 2.80 bits per heavy atom. The van der Waals surface area contributed by atoms with Crippen LogP contribution in [0.25, 0.3) is 0 Å². The maximum atomic E-state index is 12.8. The Bertz CT molecular complexity index is 1010. The molecule has 0 radical (unpaired) electrons. The van der Waals surface area contributed by atoms with E-state index in [0.29, 0.717) is 13.1 Å². The number of carbonyl (C=O) groups is 1. The molecule has 0 atom stereocenters. The third-order valence-corrected chi connectivity index (χ3v) is 5.70. The van der Waals surface area contributed by atoms with E-state index < -0.39 is 0 Å². The van der Waals surface area contributed by atoms with Gasteiger partial charge in [0.2, 0.25) is 6.79 Å². The molecule has 2 aromatic carbocycles. The molecule has 0 bridgehead atoms. The standard InChI is InChI=1S/C23H23N3O3S/c1-2-26(14-17-9-10-20-21(13-17)29-16-28-20)23(27)25-19-7-5-6-18(12-19)15-30-22-8-3-4-11-24-22/h3-13H,2,14-16H2,1H3,(H,25,27). The highest BCUT2D eigenvalue weighted by atomic mass is 32.2. The van der Waals surface area contributed by atoms with Gasteiger partial charge in [0.15, 0.2) is 11.5 Å². The number of urea groups is 1. The van der Waals surface area contributed by atoms with Crippen LogP contribution in [0.15, 0.2) is 71.9 Å². The molecule has 1 N–H and O–H groups in total. The lowest BCUT2D eigenvalue weighted by Gasteiger charge is -2.22. The Morgan fingerprint density at radius 2 is 1.97 bits per heavy atom. The summed E-state index contributed by atoms with van der Waals surface area (Å²) in [7, 11) is 0. The Balaban J connectivity index is 1.37. The van der Waals surface area contributed by atoms with E-state index >= 15 is 0 Å². The smallest absolute Gasteiger partial charge is 0.322 e. The van der Waals surface area contributed by atoms with E-state index in [0.717, 1.165) is 39.1 Å². The van der Waals surface area contributed by atoms with E-state index in [1.807, 2.05) is 61.5 Å². The van der Waals surface area contributed by atoms with Gasteiger partial charge in [-0.2, -0.15) is 0 Å². The number of anilines is 1. The number of aromatic nitrogens is 1. The number of fused-ring (bicyclic) bond motifs is 1. The zero-order chi connectivity index (χ0) is 20.8. The van der Waals surface area contributed by atoms with Gasteiger partial charge in [-0.3, -0.25) is 0 Å². The fourth-order valence-corrected chi connectivity index (χ4v) is 3.92. The van der Waals surface area contributed by atoms with E-state index in [2.05, 4.69) is 16.4 Å². The van der Waals surface area contributed by atoms with Crippen LogP contribution in [0, 0.1) is 0 Å². The fraction of sp³-hybridized carbons (Fsp3) is 0.217. The number of thioether (sulfide) groups is 1. The first-order valence-corrected chi connectivity index (χ1v) is 10.8. The number of hydrogen-bond acceptors (Lipinski definition) is 5. The van der Waals surface area contributed by atoms with Crippen molar-refractivity contribution in [1.29, 1.82) is 0 Å². The van der Waals surface area contributed by atoms with Gasteiger partial charge in [-0.1, -0.05) is 24.3 Å². The van der Waals surface area contributed by atoms with E-state index in [1.165, 1.54) is 0 Å². The average Bonchev–Trinajstić information content (AvgIpc) is 3.25. The monoisotopic (exact) mass is 421 g/mol. The van der Waals surface area contributed by atoms with Crippen molar-refractivity contribution < 1.29 is 14.3 Å². The Kier molecular flexibility index (Phi) is 6.39. The largest absolute Gasteiger partial charge is 0.454 e. The Labute approximate surface area is 180 Å². The van der Waals surface area contributed by atoms with Crippen LogP contribution in [0.5, 0.6) is 11.5 Å². The molecular formula is C23H23N3O3S. The van der Waals surface area contributed by atoms with Crippen molar-refractivity contribution >= 4 is 23.5 Å². The minimum Gasteiger partial charge on any atom is -0.454 e. The second kappa shape index (κ2) is 9.54. The van der Waals surface area contributed by atoms with Gasteiger partial charge < -0.3 is 19.7 Å².